The Hall–Kier alpha value is -3.02. The van der Waals surface area contributed by atoms with Gasteiger partial charge in [-0.05, 0) is 42.8 Å². The molecule has 0 bridgehead atoms. The normalized spacial score (nSPS) is 14.4. The second kappa shape index (κ2) is 9.07. The van der Waals surface area contributed by atoms with Gasteiger partial charge in [0.1, 0.15) is 5.82 Å². The molecular weight excluding hydrogens is 342 g/mol. The number of aromatic nitrogens is 1. The Morgan fingerprint density at radius 1 is 1.15 bits per heavy atom. The summed E-state index contributed by atoms with van der Waals surface area (Å²) in [6.07, 6.45) is 5.22. The van der Waals surface area contributed by atoms with Gasteiger partial charge in [0.25, 0.3) is 0 Å². The highest BCUT2D eigenvalue weighted by molar-refractivity contribution is 5.92. The van der Waals surface area contributed by atoms with Gasteiger partial charge in [-0.15, -0.1) is 0 Å². The van der Waals surface area contributed by atoms with Gasteiger partial charge in [-0.3, -0.25) is 4.79 Å². The van der Waals surface area contributed by atoms with Crippen LogP contribution in [0.25, 0.3) is 6.08 Å². The van der Waals surface area contributed by atoms with Crippen molar-refractivity contribution in [3.05, 3.63) is 54.2 Å². The van der Waals surface area contributed by atoms with Crippen LogP contribution in [0.3, 0.4) is 0 Å². The number of carbonyl (C=O) groups is 1. The fraction of sp³-hybridized carbons (Fsp3) is 0.333. The molecule has 27 heavy (non-hydrogen) atoms. The molecule has 3 rings (SSSR count). The molecule has 0 unspecified atom stereocenters. The molecule has 1 saturated heterocycles. The van der Waals surface area contributed by atoms with Crippen molar-refractivity contribution in [2.45, 2.75) is 6.92 Å². The van der Waals surface area contributed by atoms with Gasteiger partial charge in [-0.2, -0.15) is 0 Å². The molecule has 6 nitrogen and oxygen atoms in total. The molecule has 1 fully saturated rings. The molecule has 6 heteroatoms. The molecule has 2 aromatic rings. The number of pyridine rings is 1. The van der Waals surface area contributed by atoms with Crippen LogP contribution in [-0.2, 0) is 4.79 Å². The molecule has 0 saturated carbocycles. The average Bonchev–Trinajstić information content (AvgIpc) is 2.73. The van der Waals surface area contributed by atoms with Crippen molar-refractivity contribution in [1.82, 2.24) is 9.88 Å². The first kappa shape index (κ1) is 18.8. The molecule has 1 aromatic carbocycles. The summed E-state index contributed by atoms with van der Waals surface area (Å²) in [5.41, 5.74) is 0.899. The predicted molar refractivity (Wildman–Crippen MR) is 106 cm³/mol. The first-order chi connectivity index (χ1) is 13.2. The first-order valence-electron chi connectivity index (χ1n) is 9.15. The van der Waals surface area contributed by atoms with Gasteiger partial charge in [0.05, 0.1) is 13.7 Å². The SMILES string of the molecule is CCOc1ccc(C=CC(=O)N2CCN(c3ccccn3)CC2)cc1OC. The van der Waals surface area contributed by atoms with Gasteiger partial charge in [0.15, 0.2) is 11.5 Å². The summed E-state index contributed by atoms with van der Waals surface area (Å²) >= 11 is 0. The summed E-state index contributed by atoms with van der Waals surface area (Å²) in [7, 11) is 1.61. The molecule has 0 atom stereocenters. The van der Waals surface area contributed by atoms with Crippen LogP contribution in [0.1, 0.15) is 12.5 Å². The predicted octanol–water partition coefficient (Wildman–Crippen LogP) is 2.85. The topological polar surface area (TPSA) is 54.9 Å². The van der Waals surface area contributed by atoms with Gasteiger partial charge < -0.3 is 19.3 Å². The van der Waals surface area contributed by atoms with E-state index in [2.05, 4.69) is 9.88 Å². The van der Waals surface area contributed by atoms with Crippen molar-refractivity contribution >= 4 is 17.8 Å². The molecule has 142 valence electrons. The molecular formula is C21H25N3O3. The van der Waals surface area contributed by atoms with E-state index >= 15 is 0 Å². The van der Waals surface area contributed by atoms with Gasteiger partial charge in [-0.1, -0.05) is 12.1 Å². The minimum Gasteiger partial charge on any atom is -0.493 e. The number of anilines is 1. The lowest BCUT2D eigenvalue weighted by atomic mass is 10.2. The number of amides is 1. The van der Waals surface area contributed by atoms with Crippen molar-refractivity contribution in [3.8, 4) is 11.5 Å². The quantitative estimate of drug-likeness (QED) is 0.735. The second-order valence-corrected chi connectivity index (χ2v) is 6.18. The highest BCUT2D eigenvalue weighted by atomic mass is 16.5. The number of ether oxygens (including phenoxy) is 2. The number of hydrogen-bond acceptors (Lipinski definition) is 5. The van der Waals surface area contributed by atoms with Crippen molar-refractivity contribution in [2.75, 3.05) is 44.8 Å². The van der Waals surface area contributed by atoms with E-state index in [9.17, 15) is 4.79 Å². The highest BCUT2D eigenvalue weighted by Gasteiger charge is 2.20. The van der Waals surface area contributed by atoms with Crippen LogP contribution >= 0.6 is 0 Å². The van der Waals surface area contributed by atoms with Gasteiger partial charge in [0, 0.05) is 38.5 Å². The highest BCUT2D eigenvalue weighted by Crippen LogP contribution is 2.28. The number of carbonyl (C=O) groups excluding carboxylic acids is 1. The van der Waals surface area contributed by atoms with Crippen LogP contribution in [0.2, 0.25) is 0 Å². The van der Waals surface area contributed by atoms with Crippen LogP contribution in [0.15, 0.2) is 48.7 Å². The number of rotatable bonds is 6. The molecule has 1 aliphatic heterocycles. The third-order valence-electron chi connectivity index (χ3n) is 4.47. The van der Waals surface area contributed by atoms with E-state index in [1.165, 1.54) is 0 Å². The Morgan fingerprint density at radius 2 is 1.96 bits per heavy atom. The van der Waals surface area contributed by atoms with E-state index in [4.69, 9.17) is 9.47 Å². The standard InChI is InChI=1S/C21H25N3O3/c1-3-27-18-9-7-17(16-19(18)26-2)8-10-21(25)24-14-12-23(13-15-24)20-6-4-5-11-22-20/h4-11,16H,3,12-15H2,1-2H3. The fourth-order valence-electron chi connectivity index (χ4n) is 3.03. The molecule has 0 N–H and O–H groups in total. The zero-order chi connectivity index (χ0) is 19.1. The zero-order valence-corrected chi connectivity index (χ0v) is 15.8. The number of hydrogen-bond donors (Lipinski definition) is 0. The Balaban J connectivity index is 1.58. The van der Waals surface area contributed by atoms with E-state index in [-0.39, 0.29) is 5.91 Å². The van der Waals surface area contributed by atoms with Crippen LogP contribution < -0.4 is 14.4 Å². The smallest absolute Gasteiger partial charge is 0.246 e. The van der Waals surface area contributed by atoms with E-state index in [0.29, 0.717) is 31.2 Å². The molecule has 0 aliphatic carbocycles. The van der Waals surface area contributed by atoms with E-state index in [1.54, 1.807) is 19.4 Å². The summed E-state index contributed by atoms with van der Waals surface area (Å²) in [6.45, 7) is 5.45. The zero-order valence-electron chi connectivity index (χ0n) is 15.8. The summed E-state index contributed by atoms with van der Waals surface area (Å²) in [4.78, 5) is 20.9. The van der Waals surface area contributed by atoms with Crippen molar-refractivity contribution in [2.24, 2.45) is 0 Å². The fourth-order valence-corrected chi connectivity index (χ4v) is 3.03. The summed E-state index contributed by atoms with van der Waals surface area (Å²) < 4.78 is 10.9. The van der Waals surface area contributed by atoms with Gasteiger partial charge in [-0.25, -0.2) is 4.98 Å². The maximum atomic E-state index is 12.5. The largest absolute Gasteiger partial charge is 0.493 e. The molecule has 0 spiro atoms. The van der Waals surface area contributed by atoms with Crippen LogP contribution in [-0.4, -0.2) is 55.7 Å². The number of methoxy groups -OCH3 is 1. The van der Waals surface area contributed by atoms with E-state index < -0.39 is 0 Å². The molecule has 1 aliphatic rings. The Bertz CT molecular complexity index is 785. The minimum atomic E-state index is 0.0172. The number of benzene rings is 1. The Kier molecular flexibility index (Phi) is 6.30. The van der Waals surface area contributed by atoms with E-state index in [0.717, 1.165) is 24.5 Å². The molecule has 1 amide bonds. The lowest BCUT2D eigenvalue weighted by Gasteiger charge is -2.34. The van der Waals surface area contributed by atoms with Crippen molar-refractivity contribution < 1.29 is 14.3 Å². The van der Waals surface area contributed by atoms with Gasteiger partial charge in [0.2, 0.25) is 5.91 Å². The van der Waals surface area contributed by atoms with E-state index in [1.807, 2.05) is 54.3 Å². The second-order valence-electron chi connectivity index (χ2n) is 6.18. The third kappa shape index (κ3) is 4.78. The Labute approximate surface area is 160 Å². The Morgan fingerprint density at radius 3 is 2.63 bits per heavy atom. The number of piperazine rings is 1. The van der Waals surface area contributed by atoms with Crippen molar-refractivity contribution in [3.63, 3.8) is 0 Å². The first-order valence-corrected chi connectivity index (χ1v) is 9.15. The summed E-state index contributed by atoms with van der Waals surface area (Å²) in [5, 5.41) is 0. The summed E-state index contributed by atoms with van der Waals surface area (Å²) in [5.74, 6) is 2.34. The van der Waals surface area contributed by atoms with Crippen LogP contribution in [0.4, 0.5) is 5.82 Å². The van der Waals surface area contributed by atoms with Crippen LogP contribution in [0, 0.1) is 0 Å². The molecule has 0 radical (unpaired) electrons. The van der Waals surface area contributed by atoms with Crippen molar-refractivity contribution in [1.29, 1.82) is 0 Å². The summed E-state index contributed by atoms with van der Waals surface area (Å²) in [6, 6.07) is 11.5. The maximum absolute atomic E-state index is 12.5. The third-order valence-corrected chi connectivity index (χ3v) is 4.47. The minimum absolute atomic E-state index is 0.0172. The average molecular weight is 367 g/mol. The van der Waals surface area contributed by atoms with Gasteiger partial charge >= 0.3 is 0 Å². The lowest BCUT2D eigenvalue weighted by Crippen LogP contribution is -2.48. The monoisotopic (exact) mass is 367 g/mol. The molecule has 2 heterocycles. The maximum Gasteiger partial charge on any atom is 0.246 e. The molecule has 1 aromatic heterocycles. The van der Waals surface area contributed by atoms with Crippen LogP contribution in [0.5, 0.6) is 11.5 Å². The lowest BCUT2D eigenvalue weighted by molar-refractivity contribution is -0.126. The number of nitrogens with zero attached hydrogens (tertiary/aromatic N) is 3.